The fourth-order valence-electron chi connectivity index (χ4n) is 1.86. The average Bonchev–Trinajstić information content (AvgIpc) is 2.29. The summed E-state index contributed by atoms with van der Waals surface area (Å²) in [5.41, 5.74) is 13.6. The zero-order valence-electron chi connectivity index (χ0n) is 12.3. The zero-order chi connectivity index (χ0) is 14.9. The molecule has 0 bridgehead atoms. The van der Waals surface area contributed by atoms with Gasteiger partial charge in [-0.25, -0.2) is 0 Å². The van der Waals surface area contributed by atoms with Gasteiger partial charge in [0.15, 0.2) is 0 Å². The molecular weight excluding hydrogens is 252 g/mol. The van der Waals surface area contributed by atoms with E-state index in [1.54, 1.807) is 6.07 Å². The second-order valence-corrected chi connectivity index (χ2v) is 5.82. The Labute approximate surface area is 119 Å². The van der Waals surface area contributed by atoms with Gasteiger partial charge in [0.2, 0.25) is 11.8 Å². The maximum atomic E-state index is 5.73. The normalized spacial score (nSPS) is 11.4. The first-order chi connectivity index (χ1) is 9.25. The van der Waals surface area contributed by atoms with Crippen molar-refractivity contribution in [1.82, 2.24) is 9.97 Å². The van der Waals surface area contributed by atoms with Crippen LogP contribution in [0.25, 0.3) is 0 Å². The van der Waals surface area contributed by atoms with Crippen LogP contribution in [-0.4, -0.2) is 9.97 Å². The van der Waals surface area contributed by atoms with E-state index in [0.717, 1.165) is 11.3 Å². The number of nitrogen functional groups attached to an aromatic ring is 2. The third kappa shape index (κ3) is 3.17. The standard InChI is InChI=1S/C15H20N4O/c1-9-7-10(15(2,3)4)5-6-11(9)20-13-8-12(16)18-14(17)19-13/h5-8H,1-4H3,(H4,16,17,18,19). The minimum Gasteiger partial charge on any atom is -0.439 e. The predicted octanol–water partition coefficient (Wildman–Crippen LogP) is 3.04. The van der Waals surface area contributed by atoms with Crippen LogP contribution in [0.4, 0.5) is 11.8 Å². The van der Waals surface area contributed by atoms with E-state index in [4.69, 9.17) is 16.2 Å². The van der Waals surface area contributed by atoms with Gasteiger partial charge in [-0.3, -0.25) is 0 Å². The predicted molar refractivity (Wildman–Crippen MR) is 80.8 cm³/mol. The SMILES string of the molecule is Cc1cc(C(C)(C)C)ccc1Oc1cc(N)nc(N)n1. The van der Waals surface area contributed by atoms with E-state index in [2.05, 4.69) is 42.9 Å². The van der Waals surface area contributed by atoms with Crippen LogP contribution in [-0.2, 0) is 5.41 Å². The molecule has 1 heterocycles. The van der Waals surface area contributed by atoms with Crippen molar-refractivity contribution in [2.45, 2.75) is 33.1 Å². The first-order valence-corrected chi connectivity index (χ1v) is 6.45. The van der Waals surface area contributed by atoms with Gasteiger partial charge in [-0.05, 0) is 29.5 Å². The van der Waals surface area contributed by atoms with Crippen molar-refractivity contribution >= 4 is 11.8 Å². The van der Waals surface area contributed by atoms with E-state index in [9.17, 15) is 0 Å². The molecule has 0 spiro atoms. The van der Waals surface area contributed by atoms with Crippen LogP contribution in [0.2, 0.25) is 0 Å². The summed E-state index contributed by atoms with van der Waals surface area (Å²) in [6.07, 6.45) is 0. The van der Waals surface area contributed by atoms with Crippen molar-refractivity contribution in [1.29, 1.82) is 0 Å². The highest BCUT2D eigenvalue weighted by atomic mass is 16.5. The van der Waals surface area contributed by atoms with Crippen LogP contribution in [0.15, 0.2) is 24.3 Å². The summed E-state index contributed by atoms with van der Waals surface area (Å²) in [4.78, 5) is 7.82. The Morgan fingerprint density at radius 1 is 1.05 bits per heavy atom. The lowest BCUT2D eigenvalue weighted by Gasteiger charge is -2.20. The van der Waals surface area contributed by atoms with Crippen LogP contribution in [0.5, 0.6) is 11.6 Å². The summed E-state index contributed by atoms with van der Waals surface area (Å²) in [6.45, 7) is 8.52. The lowest BCUT2D eigenvalue weighted by Crippen LogP contribution is -2.11. The van der Waals surface area contributed by atoms with Gasteiger partial charge in [0.05, 0.1) is 0 Å². The lowest BCUT2D eigenvalue weighted by atomic mass is 9.86. The van der Waals surface area contributed by atoms with E-state index in [0.29, 0.717) is 5.88 Å². The average molecular weight is 272 g/mol. The molecule has 20 heavy (non-hydrogen) atoms. The Hall–Kier alpha value is -2.30. The van der Waals surface area contributed by atoms with Gasteiger partial charge in [-0.15, -0.1) is 0 Å². The summed E-state index contributed by atoms with van der Waals surface area (Å²) < 4.78 is 5.73. The molecule has 106 valence electrons. The molecule has 0 aliphatic rings. The van der Waals surface area contributed by atoms with E-state index < -0.39 is 0 Å². The van der Waals surface area contributed by atoms with Gasteiger partial charge < -0.3 is 16.2 Å². The highest BCUT2D eigenvalue weighted by Gasteiger charge is 2.15. The first-order valence-electron chi connectivity index (χ1n) is 6.45. The minimum absolute atomic E-state index is 0.101. The maximum absolute atomic E-state index is 5.73. The molecule has 0 unspecified atom stereocenters. The molecule has 0 fully saturated rings. The zero-order valence-corrected chi connectivity index (χ0v) is 12.3. The smallest absolute Gasteiger partial charge is 0.226 e. The van der Waals surface area contributed by atoms with Gasteiger partial charge in [-0.2, -0.15) is 9.97 Å². The van der Waals surface area contributed by atoms with Gasteiger partial charge in [0.25, 0.3) is 0 Å². The number of anilines is 2. The first kappa shape index (κ1) is 14.1. The summed E-state index contributed by atoms with van der Waals surface area (Å²) in [7, 11) is 0. The Kier molecular flexibility index (Phi) is 3.53. The fraction of sp³-hybridized carbons (Fsp3) is 0.333. The van der Waals surface area contributed by atoms with Crippen molar-refractivity contribution in [2.24, 2.45) is 0 Å². The van der Waals surface area contributed by atoms with Gasteiger partial charge in [-0.1, -0.05) is 32.9 Å². The molecule has 0 amide bonds. The number of hydrogen-bond donors (Lipinski definition) is 2. The number of aromatic nitrogens is 2. The van der Waals surface area contributed by atoms with Gasteiger partial charge in [0.1, 0.15) is 11.6 Å². The fourth-order valence-corrected chi connectivity index (χ4v) is 1.86. The monoisotopic (exact) mass is 272 g/mol. The van der Waals surface area contributed by atoms with Crippen molar-refractivity contribution in [2.75, 3.05) is 11.5 Å². The lowest BCUT2D eigenvalue weighted by molar-refractivity contribution is 0.458. The van der Waals surface area contributed by atoms with E-state index in [1.165, 1.54) is 5.56 Å². The van der Waals surface area contributed by atoms with Crippen molar-refractivity contribution in [3.05, 3.63) is 35.4 Å². The molecule has 1 aromatic heterocycles. The molecule has 2 aromatic rings. The van der Waals surface area contributed by atoms with Crippen LogP contribution >= 0.6 is 0 Å². The topological polar surface area (TPSA) is 87.0 Å². The number of nitrogens with zero attached hydrogens (tertiary/aromatic N) is 2. The molecule has 0 saturated heterocycles. The van der Waals surface area contributed by atoms with Gasteiger partial charge in [0, 0.05) is 6.07 Å². The number of rotatable bonds is 2. The molecule has 0 aliphatic carbocycles. The highest BCUT2D eigenvalue weighted by Crippen LogP contribution is 2.30. The summed E-state index contributed by atoms with van der Waals surface area (Å²) in [5.74, 6) is 1.47. The Morgan fingerprint density at radius 3 is 2.30 bits per heavy atom. The second-order valence-electron chi connectivity index (χ2n) is 5.82. The molecule has 5 heteroatoms. The Bertz CT molecular complexity index is 612. The van der Waals surface area contributed by atoms with E-state index in [-0.39, 0.29) is 17.2 Å². The number of aryl methyl sites for hydroxylation is 1. The Balaban J connectivity index is 2.30. The summed E-state index contributed by atoms with van der Waals surface area (Å²) >= 11 is 0. The highest BCUT2D eigenvalue weighted by molar-refractivity contribution is 5.43. The third-order valence-corrected chi connectivity index (χ3v) is 3.00. The second kappa shape index (κ2) is 5.00. The molecule has 1 aromatic carbocycles. The van der Waals surface area contributed by atoms with Crippen molar-refractivity contribution in [3.8, 4) is 11.6 Å². The molecule has 0 atom stereocenters. The quantitative estimate of drug-likeness (QED) is 0.877. The van der Waals surface area contributed by atoms with E-state index >= 15 is 0 Å². The number of ether oxygens (including phenoxy) is 1. The van der Waals surface area contributed by atoms with Crippen LogP contribution in [0, 0.1) is 6.92 Å². The molecule has 0 saturated carbocycles. The molecular formula is C15H20N4O. The maximum Gasteiger partial charge on any atom is 0.226 e. The van der Waals surface area contributed by atoms with Crippen molar-refractivity contribution < 1.29 is 4.74 Å². The molecule has 0 aliphatic heterocycles. The minimum atomic E-state index is 0.101. The third-order valence-electron chi connectivity index (χ3n) is 3.00. The largest absolute Gasteiger partial charge is 0.439 e. The van der Waals surface area contributed by atoms with Crippen LogP contribution in [0.1, 0.15) is 31.9 Å². The summed E-state index contributed by atoms with van der Waals surface area (Å²) in [5, 5.41) is 0. The Morgan fingerprint density at radius 2 is 1.75 bits per heavy atom. The molecule has 2 rings (SSSR count). The van der Waals surface area contributed by atoms with Crippen LogP contribution < -0.4 is 16.2 Å². The molecule has 0 radical (unpaired) electrons. The molecule has 5 nitrogen and oxygen atoms in total. The van der Waals surface area contributed by atoms with Gasteiger partial charge >= 0.3 is 0 Å². The number of nitrogens with two attached hydrogens (primary N) is 2. The summed E-state index contributed by atoms with van der Waals surface area (Å²) in [6, 6.07) is 7.65. The van der Waals surface area contributed by atoms with E-state index in [1.807, 2.05) is 13.0 Å². The number of benzene rings is 1. The van der Waals surface area contributed by atoms with Crippen LogP contribution in [0.3, 0.4) is 0 Å². The number of hydrogen-bond acceptors (Lipinski definition) is 5. The van der Waals surface area contributed by atoms with Crippen molar-refractivity contribution in [3.63, 3.8) is 0 Å². The molecule has 4 N–H and O–H groups in total.